The van der Waals surface area contributed by atoms with Crippen LogP contribution in [-0.4, -0.2) is 21.5 Å². The molecule has 1 aliphatic carbocycles. The summed E-state index contributed by atoms with van der Waals surface area (Å²) < 4.78 is 27.4. The minimum absolute atomic E-state index is 0.0980. The normalized spacial score (nSPS) is 16.0. The molecule has 0 bridgehead atoms. The highest BCUT2D eigenvalue weighted by Gasteiger charge is 2.24. The van der Waals surface area contributed by atoms with Crippen molar-refractivity contribution in [1.29, 1.82) is 0 Å². The van der Waals surface area contributed by atoms with E-state index in [1.807, 2.05) is 6.92 Å². The summed E-state index contributed by atoms with van der Waals surface area (Å²) in [4.78, 5) is 0.0980. The van der Waals surface area contributed by atoms with Gasteiger partial charge in [0.05, 0.1) is 5.02 Å². The van der Waals surface area contributed by atoms with Crippen LogP contribution in [0.5, 0.6) is 0 Å². The summed E-state index contributed by atoms with van der Waals surface area (Å²) in [6, 6.07) is 3.04. The molecule has 0 atom stereocenters. The van der Waals surface area contributed by atoms with Gasteiger partial charge in [-0.15, -0.1) is 0 Å². The van der Waals surface area contributed by atoms with E-state index < -0.39 is 10.0 Å². The van der Waals surface area contributed by atoms with Crippen LogP contribution in [0, 0.1) is 5.92 Å². The van der Waals surface area contributed by atoms with Crippen LogP contribution in [0.15, 0.2) is 17.0 Å². The molecule has 4 nitrogen and oxygen atoms in total. The maximum absolute atomic E-state index is 12.4. The molecule has 21 heavy (non-hydrogen) atoms. The molecule has 2 N–H and O–H groups in total. The van der Waals surface area contributed by atoms with Gasteiger partial charge < -0.3 is 5.32 Å². The summed E-state index contributed by atoms with van der Waals surface area (Å²) in [5.41, 5.74) is 0.617. The third kappa shape index (κ3) is 4.11. The lowest BCUT2D eigenvalue weighted by Crippen LogP contribution is -2.32. The first-order chi connectivity index (χ1) is 9.95. The van der Waals surface area contributed by atoms with Crippen LogP contribution in [0.2, 0.25) is 10.0 Å². The molecule has 1 saturated carbocycles. The van der Waals surface area contributed by atoms with Crippen LogP contribution in [0.1, 0.15) is 31.7 Å². The predicted molar refractivity (Wildman–Crippen MR) is 86.4 cm³/mol. The predicted octanol–water partition coefficient (Wildman–Crippen LogP) is 3.18. The monoisotopic (exact) mass is 350 g/mol. The van der Waals surface area contributed by atoms with Crippen molar-refractivity contribution >= 4 is 33.2 Å². The standard InChI is InChI=1S/C14H20Cl2N2O2S/c1-2-17-9-11-12(15)6-7-13(14(11)16)21(19,20)18-8-10-4-3-5-10/h6-7,10,17-18H,2-5,8-9H2,1H3. The van der Waals surface area contributed by atoms with E-state index in [0.717, 1.165) is 19.4 Å². The van der Waals surface area contributed by atoms with E-state index in [9.17, 15) is 8.42 Å². The first-order valence-electron chi connectivity index (χ1n) is 7.13. The summed E-state index contributed by atoms with van der Waals surface area (Å²) >= 11 is 12.4. The zero-order valence-electron chi connectivity index (χ0n) is 12.0. The number of halogens is 2. The van der Waals surface area contributed by atoms with Gasteiger partial charge in [0, 0.05) is 23.7 Å². The van der Waals surface area contributed by atoms with Crippen molar-refractivity contribution in [3.05, 3.63) is 27.7 Å². The first-order valence-corrected chi connectivity index (χ1v) is 9.37. The largest absolute Gasteiger partial charge is 0.313 e. The lowest BCUT2D eigenvalue weighted by atomic mass is 9.86. The van der Waals surface area contributed by atoms with Crippen molar-refractivity contribution in [3.63, 3.8) is 0 Å². The summed E-state index contributed by atoms with van der Waals surface area (Å²) in [6.45, 7) is 3.64. The summed E-state index contributed by atoms with van der Waals surface area (Å²) in [7, 11) is -3.59. The highest BCUT2D eigenvalue weighted by molar-refractivity contribution is 7.89. The van der Waals surface area contributed by atoms with E-state index in [2.05, 4.69) is 10.0 Å². The fraction of sp³-hybridized carbons (Fsp3) is 0.571. The van der Waals surface area contributed by atoms with E-state index in [-0.39, 0.29) is 9.92 Å². The third-order valence-electron chi connectivity index (χ3n) is 3.78. The minimum Gasteiger partial charge on any atom is -0.313 e. The van der Waals surface area contributed by atoms with Crippen molar-refractivity contribution in [3.8, 4) is 0 Å². The van der Waals surface area contributed by atoms with E-state index in [1.165, 1.54) is 12.5 Å². The maximum Gasteiger partial charge on any atom is 0.242 e. The molecular weight excluding hydrogens is 331 g/mol. The van der Waals surface area contributed by atoms with Gasteiger partial charge in [0.1, 0.15) is 4.90 Å². The molecule has 1 aromatic carbocycles. The van der Waals surface area contributed by atoms with Crippen LogP contribution in [-0.2, 0) is 16.6 Å². The van der Waals surface area contributed by atoms with Gasteiger partial charge >= 0.3 is 0 Å². The molecule has 0 spiro atoms. The van der Waals surface area contributed by atoms with Crippen molar-refractivity contribution in [2.24, 2.45) is 5.92 Å². The Bertz CT molecular complexity index is 601. The molecular formula is C14H20Cl2N2O2S. The second kappa shape index (κ2) is 7.29. The van der Waals surface area contributed by atoms with Crippen LogP contribution in [0.25, 0.3) is 0 Å². The van der Waals surface area contributed by atoms with Crippen molar-refractivity contribution < 1.29 is 8.42 Å². The molecule has 1 aromatic rings. The van der Waals surface area contributed by atoms with E-state index in [1.54, 1.807) is 6.07 Å². The molecule has 1 aliphatic rings. The highest BCUT2D eigenvalue weighted by Crippen LogP contribution is 2.31. The summed E-state index contributed by atoms with van der Waals surface area (Å²) in [5.74, 6) is 0.451. The fourth-order valence-corrected chi connectivity index (χ4v) is 4.22. The van der Waals surface area contributed by atoms with Crippen LogP contribution in [0.3, 0.4) is 0 Å². The second-order valence-corrected chi connectivity index (χ2v) is 7.79. The molecule has 0 radical (unpaired) electrons. The summed E-state index contributed by atoms with van der Waals surface area (Å²) in [6.07, 6.45) is 3.35. The number of rotatable bonds is 7. The zero-order chi connectivity index (χ0) is 15.5. The molecule has 2 rings (SSSR count). The average molecular weight is 351 g/mol. The Morgan fingerprint density at radius 2 is 2.00 bits per heavy atom. The Morgan fingerprint density at radius 3 is 2.57 bits per heavy atom. The lowest BCUT2D eigenvalue weighted by molar-refractivity contribution is 0.316. The smallest absolute Gasteiger partial charge is 0.242 e. The SMILES string of the molecule is CCNCc1c(Cl)ccc(S(=O)(=O)NCC2CCC2)c1Cl. The summed E-state index contributed by atoms with van der Waals surface area (Å²) in [5, 5.41) is 3.78. The van der Waals surface area contributed by atoms with Gasteiger partial charge in [-0.2, -0.15) is 0 Å². The van der Waals surface area contributed by atoms with Crippen LogP contribution < -0.4 is 10.0 Å². The minimum atomic E-state index is -3.59. The van der Waals surface area contributed by atoms with Crippen LogP contribution >= 0.6 is 23.2 Å². The molecule has 0 unspecified atom stereocenters. The molecule has 1 fully saturated rings. The quantitative estimate of drug-likeness (QED) is 0.793. The molecule has 118 valence electrons. The van der Waals surface area contributed by atoms with Crippen molar-refractivity contribution in [2.45, 2.75) is 37.6 Å². The number of benzene rings is 1. The second-order valence-electron chi connectivity index (χ2n) is 5.27. The number of sulfonamides is 1. The van der Waals surface area contributed by atoms with E-state index in [0.29, 0.717) is 29.6 Å². The molecule has 0 amide bonds. The van der Waals surface area contributed by atoms with Crippen molar-refractivity contribution in [2.75, 3.05) is 13.1 Å². The fourth-order valence-electron chi connectivity index (χ4n) is 2.20. The molecule has 0 aromatic heterocycles. The highest BCUT2D eigenvalue weighted by atomic mass is 35.5. The first kappa shape index (κ1) is 17.0. The maximum atomic E-state index is 12.4. The topological polar surface area (TPSA) is 58.2 Å². The lowest BCUT2D eigenvalue weighted by Gasteiger charge is -2.25. The number of nitrogens with one attached hydrogen (secondary N) is 2. The van der Waals surface area contributed by atoms with Crippen molar-refractivity contribution in [1.82, 2.24) is 10.0 Å². The van der Waals surface area contributed by atoms with Gasteiger partial charge in [-0.25, -0.2) is 13.1 Å². The molecule has 0 aliphatic heterocycles. The molecule has 0 heterocycles. The van der Waals surface area contributed by atoms with Crippen LogP contribution in [0.4, 0.5) is 0 Å². The Hall–Kier alpha value is -0.330. The Labute approximate surface area is 136 Å². The van der Waals surface area contributed by atoms with Gasteiger partial charge in [-0.05, 0) is 37.4 Å². The van der Waals surface area contributed by atoms with E-state index in [4.69, 9.17) is 23.2 Å². The zero-order valence-corrected chi connectivity index (χ0v) is 14.3. The number of hydrogen-bond acceptors (Lipinski definition) is 3. The van der Waals surface area contributed by atoms with Gasteiger partial charge in [-0.1, -0.05) is 36.5 Å². The Morgan fingerprint density at radius 1 is 1.29 bits per heavy atom. The number of hydrogen-bond donors (Lipinski definition) is 2. The van der Waals surface area contributed by atoms with E-state index >= 15 is 0 Å². The Kier molecular flexibility index (Phi) is 5.91. The Balaban J connectivity index is 2.21. The van der Waals surface area contributed by atoms with Gasteiger partial charge in [0.25, 0.3) is 0 Å². The molecule has 0 saturated heterocycles. The van der Waals surface area contributed by atoms with Gasteiger partial charge in [0.15, 0.2) is 0 Å². The molecule has 7 heteroatoms. The third-order valence-corrected chi connectivity index (χ3v) is 6.14. The van der Waals surface area contributed by atoms with Gasteiger partial charge in [-0.3, -0.25) is 0 Å². The average Bonchev–Trinajstić information content (AvgIpc) is 2.36. The van der Waals surface area contributed by atoms with Gasteiger partial charge in [0.2, 0.25) is 10.0 Å².